The standard InChI is InChI=1S/C22H23ClN2O3S/c1-14-6-5-9-18(23)20(14)27-13-17-11-10-16(28-17)12-19-21(26)25(22(29)24-19)15-7-3-2-4-8-15/h5-6,9-12,15H,2-4,7-8,13H2,1H3,(H,24,29)/b19-12+. The number of furan rings is 1. The minimum Gasteiger partial charge on any atom is -0.484 e. The van der Waals surface area contributed by atoms with Crippen LogP contribution in [0, 0.1) is 6.92 Å². The molecule has 0 bridgehead atoms. The zero-order valence-electron chi connectivity index (χ0n) is 16.2. The van der Waals surface area contributed by atoms with Crippen LogP contribution < -0.4 is 10.1 Å². The van der Waals surface area contributed by atoms with E-state index >= 15 is 0 Å². The van der Waals surface area contributed by atoms with Crippen LogP contribution in [0.2, 0.25) is 5.02 Å². The molecule has 1 aliphatic heterocycles. The lowest BCUT2D eigenvalue weighted by atomic mass is 9.94. The normalized spacial score (nSPS) is 19.1. The number of rotatable bonds is 5. The number of aryl methyl sites for hydroxylation is 1. The second-order valence-electron chi connectivity index (χ2n) is 7.43. The van der Waals surface area contributed by atoms with E-state index in [4.69, 9.17) is 33.0 Å². The maximum absolute atomic E-state index is 12.8. The van der Waals surface area contributed by atoms with E-state index in [0.717, 1.165) is 31.2 Å². The van der Waals surface area contributed by atoms with E-state index in [0.29, 0.717) is 33.1 Å². The van der Waals surface area contributed by atoms with E-state index in [9.17, 15) is 4.79 Å². The third-order valence-corrected chi connectivity index (χ3v) is 5.94. The van der Waals surface area contributed by atoms with Gasteiger partial charge in [-0.1, -0.05) is 43.0 Å². The average molecular weight is 431 g/mol. The number of hydrogen-bond donors (Lipinski definition) is 1. The van der Waals surface area contributed by atoms with Gasteiger partial charge in [-0.3, -0.25) is 9.69 Å². The fourth-order valence-corrected chi connectivity index (χ4v) is 4.47. The highest BCUT2D eigenvalue weighted by Crippen LogP contribution is 2.29. The van der Waals surface area contributed by atoms with Gasteiger partial charge < -0.3 is 14.5 Å². The number of halogens is 1. The summed E-state index contributed by atoms with van der Waals surface area (Å²) in [5, 5.41) is 4.09. The maximum Gasteiger partial charge on any atom is 0.276 e. The first-order valence-electron chi connectivity index (χ1n) is 9.86. The van der Waals surface area contributed by atoms with Crippen LogP contribution in [0.25, 0.3) is 6.08 Å². The van der Waals surface area contributed by atoms with Crippen LogP contribution in [-0.2, 0) is 11.4 Å². The van der Waals surface area contributed by atoms with Gasteiger partial charge in [0.15, 0.2) is 5.11 Å². The van der Waals surface area contributed by atoms with Crippen molar-refractivity contribution in [3.05, 3.63) is 58.1 Å². The zero-order valence-corrected chi connectivity index (χ0v) is 17.8. The molecule has 0 atom stereocenters. The van der Waals surface area contributed by atoms with Gasteiger partial charge in [-0.15, -0.1) is 0 Å². The number of ether oxygens (including phenoxy) is 1. The van der Waals surface area contributed by atoms with Gasteiger partial charge in [0.2, 0.25) is 0 Å². The van der Waals surface area contributed by atoms with Crippen molar-refractivity contribution in [3.8, 4) is 5.75 Å². The van der Waals surface area contributed by atoms with Gasteiger partial charge in [0.05, 0.1) is 5.02 Å². The monoisotopic (exact) mass is 430 g/mol. The first-order chi connectivity index (χ1) is 14.0. The molecule has 2 fully saturated rings. The van der Waals surface area contributed by atoms with Gasteiger partial charge >= 0.3 is 0 Å². The molecule has 1 N–H and O–H groups in total. The Kier molecular flexibility index (Phi) is 5.92. The van der Waals surface area contributed by atoms with Crippen molar-refractivity contribution in [2.75, 3.05) is 0 Å². The molecule has 0 radical (unpaired) electrons. The summed E-state index contributed by atoms with van der Waals surface area (Å²) in [7, 11) is 0. The highest BCUT2D eigenvalue weighted by atomic mass is 35.5. The molecule has 7 heteroatoms. The van der Waals surface area contributed by atoms with Crippen molar-refractivity contribution in [2.24, 2.45) is 0 Å². The van der Waals surface area contributed by atoms with Crippen LogP contribution in [-0.4, -0.2) is 22.0 Å². The summed E-state index contributed by atoms with van der Waals surface area (Å²) < 4.78 is 11.6. The van der Waals surface area contributed by atoms with Crippen LogP contribution in [0.3, 0.4) is 0 Å². The quantitative estimate of drug-likeness (QED) is 0.521. The van der Waals surface area contributed by atoms with E-state index < -0.39 is 0 Å². The molecule has 1 aromatic heterocycles. The molecule has 2 heterocycles. The van der Waals surface area contributed by atoms with Gasteiger partial charge in [0.25, 0.3) is 5.91 Å². The predicted molar refractivity (Wildman–Crippen MR) is 117 cm³/mol. The van der Waals surface area contributed by atoms with Crippen LogP contribution in [0.15, 0.2) is 40.4 Å². The van der Waals surface area contributed by atoms with Crippen LogP contribution in [0.5, 0.6) is 5.75 Å². The van der Waals surface area contributed by atoms with Gasteiger partial charge in [-0.25, -0.2) is 0 Å². The second kappa shape index (κ2) is 8.59. The van der Waals surface area contributed by atoms with E-state index in [2.05, 4.69) is 5.32 Å². The first kappa shape index (κ1) is 20.0. The summed E-state index contributed by atoms with van der Waals surface area (Å²) in [5.74, 6) is 1.78. The van der Waals surface area contributed by atoms with Gasteiger partial charge in [-0.05, 0) is 55.7 Å². The number of amides is 1. The molecule has 2 aromatic rings. The van der Waals surface area contributed by atoms with Crippen LogP contribution >= 0.6 is 23.8 Å². The summed E-state index contributed by atoms with van der Waals surface area (Å²) in [4.78, 5) is 14.6. The van der Waals surface area contributed by atoms with Crippen molar-refractivity contribution in [1.82, 2.24) is 10.2 Å². The molecular formula is C22H23ClN2O3S. The van der Waals surface area contributed by atoms with Crippen molar-refractivity contribution >= 4 is 40.9 Å². The third kappa shape index (κ3) is 4.33. The predicted octanol–water partition coefficient (Wildman–Crippen LogP) is 5.21. The minimum atomic E-state index is -0.0807. The Hall–Kier alpha value is -2.31. The molecular weight excluding hydrogens is 408 g/mol. The Morgan fingerprint density at radius 3 is 2.83 bits per heavy atom. The first-order valence-corrected chi connectivity index (χ1v) is 10.6. The third-order valence-electron chi connectivity index (χ3n) is 5.34. The topological polar surface area (TPSA) is 54.7 Å². The van der Waals surface area contributed by atoms with Crippen molar-refractivity contribution in [2.45, 2.75) is 51.7 Å². The summed E-state index contributed by atoms with van der Waals surface area (Å²) >= 11 is 11.6. The lowest BCUT2D eigenvalue weighted by Crippen LogP contribution is -2.41. The number of para-hydroxylation sites is 1. The van der Waals surface area contributed by atoms with Gasteiger partial charge in [-0.2, -0.15) is 0 Å². The Labute approximate surface area is 180 Å². The highest BCUT2D eigenvalue weighted by Gasteiger charge is 2.36. The number of carbonyl (C=O) groups excluding carboxylic acids is 1. The molecule has 1 aromatic carbocycles. The Morgan fingerprint density at radius 2 is 2.07 bits per heavy atom. The molecule has 29 heavy (non-hydrogen) atoms. The van der Waals surface area contributed by atoms with Crippen LogP contribution in [0.4, 0.5) is 0 Å². The molecule has 0 unspecified atom stereocenters. The molecule has 1 saturated carbocycles. The zero-order chi connectivity index (χ0) is 20.4. The van der Waals surface area contributed by atoms with Crippen molar-refractivity contribution < 1.29 is 13.9 Å². The average Bonchev–Trinajstić information content (AvgIpc) is 3.26. The van der Waals surface area contributed by atoms with E-state index in [-0.39, 0.29) is 18.6 Å². The lowest BCUT2D eigenvalue weighted by molar-refractivity contribution is -0.124. The Balaban J connectivity index is 1.43. The number of benzene rings is 1. The summed E-state index contributed by atoms with van der Waals surface area (Å²) in [5.41, 5.74) is 1.41. The van der Waals surface area contributed by atoms with Crippen molar-refractivity contribution in [1.29, 1.82) is 0 Å². The summed E-state index contributed by atoms with van der Waals surface area (Å²) in [6.07, 6.45) is 7.22. The van der Waals surface area contributed by atoms with Crippen molar-refractivity contribution in [3.63, 3.8) is 0 Å². The number of carbonyl (C=O) groups is 1. The summed E-state index contributed by atoms with van der Waals surface area (Å²) in [6.45, 7) is 2.19. The molecule has 1 aliphatic carbocycles. The minimum absolute atomic E-state index is 0.0807. The number of nitrogens with zero attached hydrogens (tertiary/aromatic N) is 1. The lowest BCUT2D eigenvalue weighted by Gasteiger charge is -2.29. The Bertz CT molecular complexity index is 942. The molecule has 5 nitrogen and oxygen atoms in total. The molecule has 0 spiro atoms. The Morgan fingerprint density at radius 1 is 1.28 bits per heavy atom. The maximum atomic E-state index is 12.8. The van der Waals surface area contributed by atoms with E-state index in [1.807, 2.05) is 31.2 Å². The second-order valence-corrected chi connectivity index (χ2v) is 8.23. The fraction of sp³-hybridized carbons (Fsp3) is 0.364. The highest BCUT2D eigenvalue weighted by molar-refractivity contribution is 7.80. The smallest absolute Gasteiger partial charge is 0.276 e. The molecule has 1 saturated heterocycles. The number of thiocarbonyl (C=S) groups is 1. The largest absolute Gasteiger partial charge is 0.484 e. The molecule has 152 valence electrons. The van der Waals surface area contributed by atoms with E-state index in [1.165, 1.54) is 6.42 Å². The fourth-order valence-electron chi connectivity index (χ4n) is 3.85. The molecule has 1 amide bonds. The SMILES string of the molecule is Cc1cccc(Cl)c1OCc1ccc(/C=C2/NC(=S)N(C3CCCCC3)C2=O)o1. The molecule has 2 aliphatic rings. The van der Waals surface area contributed by atoms with Gasteiger partial charge in [0.1, 0.15) is 29.6 Å². The van der Waals surface area contributed by atoms with Crippen LogP contribution in [0.1, 0.15) is 49.2 Å². The van der Waals surface area contributed by atoms with E-state index in [1.54, 1.807) is 17.0 Å². The number of hydrogen-bond acceptors (Lipinski definition) is 4. The molecule has 4 rings (SSSR count). The van der Waals surface area contributed by atoms with Gasteiger partial charge in [0, 0.05) is 12.1 Å². The summed E-state index contributed by atoms with van der Waals surface area (Å²) in [6, 6.07) is 9.45. The number of nitrogens with one attached hydrogen (secondary N) is 1.